The van der Waals surface area contributed by atoms with Gasteiger partial charge in [-0.2, -0.15) is 0 Å². The zero-order valence-corrected chi connectivity index (χ0v) is 7.98. The molecule has 0 rings (SSSR count). The van der Waals surface area contributed by atoms with Crippen LogP contribution in [0.3, 0.4) is 0 Å². The molecule has 0 amide bonds. The number of rotatable bonds is 2. The molecule has 0 aliphatic rings. The molecule has 0 heterocycles. The quantitative estimate of drug-likeness (QED) is 0.580. The van der Waals surface area contributed by atoms with E-state index in [4.69, 9.17) is 4.74 Å². The highest BCUT2D eigenvalue weighted by molar-refractivity contribution is 4.40. The largest absolute Gasteiger partial charge is 0.376 e. The zero-order chi connectivity index (χ0) is 8.57. The Morgan fingerprint density at radius 1 is 1.10 bits per heavy atom. The zero-order valence-electron chi connectivity index (χ0n) is 7.98. The van der Waals surface area contributed by atoms with Crippen molar-refractivity contribution in [2.75, 3.05) is 0 Å². The van der Waals surface area contributed by atoms with Crippen molar-refractivity contribution in [1.29, 1.82) is 0 Å². The molecule has 0 bridgehead atoms. The summed E-state index contributed by atoms with van der Waals surface area (Å²) in [6.45, 7) is 13.7. The molecule has 0 aromatic heterocycles. The van der Waals surface area contributed by atoms with Crippen LogP contribution < -0.4 is 0 Å². The minimum atomic E-state index is 0.375. The van der Waals surface area contributed by atoms with Crippen molar-refractivity contribution in [3.05, 3.63) is 6.92 Å². The Morgan fingerprint density at radius 3 is 1.30 bits per heavy atom. The van der Waals surface area contributed by atoms with Gasteiger partial charge >= 0.3 is 0 Å². The van der Waals surface area contributed by atoms with E-state index in [0.29, 0.717) is 12.2 Å². The van der Waals surface area contributed by atoms with Crippen LogP contribution in [-0.4, -0.2) is 12.2 Å². The summed E-state index contributed by atoms with van der Waals surface area (Å²) in [6, 6.07) is 0. The van der Waals surface area contributed by atoms with Crippen LogP contribution in [0.5, 0.6) is 0 Å². The number of ether oxygens (including phenoxy) is 1. The van der Waals surface area contributed by atoms with Gasteiger partial charge in [0.25, 0.3) is 0 Å². The van der Waals surface area contributed by atoms with Crippen LogP contribution >= 0.6 is 0 Å². The molecule has 1 nitrogen and oxygen atoms in total. The lowest BCUT2D eigenvalue weighted by molar-refractivity contribution is 0.0300. The smallest absolute Gasteiger partial charge is 0.0522 e. The van der Waals surface area contributed by atoms with Crippen molar-refractivity contribution in [1.82, 2.24) is 0 Å². The summed E-state index contributed by atoms with van der Waals surface area (Å²) in [5.41, 5.74) is 0. The Kier molecular flexibility index (Phi) is 11.3. The molecule has 0 fully saturated rings. The van der Waals surface area contributed by atoms with Crippen molar-refractivity contribution >= 4 is 0 Å². The molecule has 1 radical (unpaired) electrons. The van der Waals surface area contributed by atoms with E-state index in [2.05, 4.69) is 6.92 Å². The van der Waals surface area contributed by atoms with Crippen LogP contribution in [0.2, 0.25) is 0 Å². The summed E-state index contributed by atoms with van der Waals surface area (Å²) < 4.78 is 5.25. The molecule has 0 unspecified atom stereocenters. The lowest BCUT2D eigenvalue weighted by Crippen LogP contribution is -2.09. The number of hydrogen-bond donors (Lipinski definition) is 0. The summed E-state index contributed by atoms with van der Waals surface area (Å²) in [5.74, 6) is 0. The molecule has 0 aliphatic heterocycles. The van der Waals surface area contributed by atoms with E-state index in [1.807, 2.05) is 34.6 Å². The van der Waals surface area contributed by atoms with Crippen molar-refractivity contribution in [2.45, 2.75) is 53.2 Å². The molecule has 0 spiro atoms. The van der Waals surface area contributed by atoms with Crippen LogP contribution in [0.1, 0.15) is 41.0 Å². The molecule has 0 saturated carbocycles. The van der Waals surface area contributed by atoms with E-state index < -0.39 is 0 Å². The molecule has 0 atom stereocenters. The van der Waals surface area contributed by atoms with E-state index in [-0.39, 0.29) is 0 Å². The second kappa shape index (κ2) is 8.96. The minimum absolute atomic E-state index is 0.375. The highest BCUT2D eigenvalue weighted by Gasteiger charge is 1.94. The molecule has 0 saturated heterocycles. The second-order valence-corrected chi connectivity index (χ2v) is 2.73. The first-order valence-corrected chi connectivity index (χ1v) is 3.99. The maximum absolute atomic E-state index is 5.25. The van der Waals surface area contributed by atoms with Crippen molar-refractivity contribution in [3.8, 4) is 0 Å². The van der Waals surface area contributed by atoms with Gasteiger partial charge in [-0.1, -0.05) is 20.3 Å². The Morgan fingerprint density at radius 2 is 1.30 bits per heavy atom. The van der Waals surface area contributed by atoms with Crippen molar-refractivity contribution < 1.29 is 4.74 Å². The minimum Gasteiger partial charge on any atom is -0.376 e. The average molecular weight is 145 g/mol. The van der Waals surface area contributed by atoms with Gasteiger partial charge in [0.15, 0.2) is 0 Å². The summed E-state index contributed by atoms with van der Waals surface area (Å²) in [5, 5.41) is 0. The van der Waals surface area contributed by atoms with E-state index in [0.717, 1.165) is 6.42 Å². The van der Waals surface area contributed by atoms with Gasteiger partial charge in [0, 0.05) is 0 Å². The average Bonchev–Trinajstić information content (AvgIpc) is 1.62. The molecule has 1 heteroatoms. The predicted octanol–water partition coefficient (Wildman–Crippen LogP) is 3.05. The molecular weight excluding hydrogens is 124 g/mol. The van der Waals surface area contributed by atoms with E-state index in [9.17, 15) is 0 Å². The lowest BCUT2D eigenvalue weighted by atomic mass is 10.4. The fourth-order valence-electron chi connectivity index (χ4n) is 0.544. The molecular formula is C9H21O. The van der Waals surface area contributed by atoms with Gasteiger partial charge < -0.3 is 4.74 Å². The van der Waals surface area contributed by atoms with E-state index in [1.54, 1.807) is 0 Å². The topological polar surface area (TPSA) is 9.23 Å². The van der Waals surface area contributed by atoms with Gasteiger partial charge in [-0.15, -0.1) is 0 Å². The van der Waals surface area contributed by atoms with Crippen LogP contribution in [0, 0.1) is 6.92 Å². The first-order chi connectivity index (χ1) is 4.54. The summed E-state index contributed by atoms with van der Waals surface area (Å²) in [4.78, 5) is 0. The van der Waals surface area contributed by atoms with Crippen LogP contribution in [0.25, 0.3) is 0 Å². The third-order valence-corrected chi connectivity index (χ3v) is 0.544. The third kappa shape index (κ3) is 24.6. The highest BCUT2D eigenvalue weighted by Crippen LogP contribution is 1.93. The maximum Gasteiger partial charge on any atom is 0.0522 e. The first kappa shape index (κ1) is 12.6. The predicted molar refractivity (Wildman–Crippen MR) is 47.0 cm³/mol. The maximum atomic E-state index is 5.25. The van der Waals surface area contributed by atoms with Gasteiger partial charge in [-0.3, -0.25) is 0 Å². The second-order valence-electron chi connectivity index (χ2n) is 2.73. The first-order valence-electron chi connectivity index (χ1n) is 3.99. The fraction of sp³-hybridized carbons (Fsp3) is 0.889. The van der Waals surface area contributed by atoms with Crippen LogP contribution in [0.4, 0.5) is 0 Å². The SMILES string of the molecule is CC(C)OC(C)C.[CH2]CC. The van der Waals surface area contributed by atoms with Crippen LogP contribution in [0.15, 0.2) is 0 Å². The van der Waals surface area contributed by atoms with E-state index >= 15 is 0 Å². The molecule has 63 valence electrons. The van der Waals surface area contributed by atoms with Crippen molar-refractivity contribution in [2.24, 2.45) is 0 Å². The fourth-order valence-corrected chi connectivity index (χ4v) is 0.544. The van der Waals surface area contributed by atoms with Gasteiger partial charge in [0.2, 0.25) is 0 Å². The standard InChI is InChI=1S/C6H14O.C3H7/c1-5(2)7-6(3)4;1-3-2/h5-6H,1-4H3;1,3H2,2H3. The van der Waals surface area contributed by atoms with Gasteiger partial charge in [-0.25, -0.2) is 0 Å². The summed E-state index contributed by atoms with van der Waals surface area (Å²) in [7, 11) is 0. The third-order valence-electron chi connectivity index (χ3n) is 0.544. The normalized spacial score (nSPS) is 9.60. The van der Waals surface area contributed by atoms with Gasteiger partial charge in [0.1, 0.15) is 0 Å². The monoisotopic (exact) mass is 145 g/mol. The van der Waals surface area contributed by atoms with Crippen molar-refractivity contribution in [3.63, 3.8) is 0 Å². The molecule has 0 aliphatic carbocycles. The van der Waals surface area contributed by atoms with Gasteiger partial charge in [-0.05, 0) is 27.7 Å². The lowest BCUT2D eigenvalue weighted by Gasteiger charge is -2.09. The van der Waals surface area contributed by atoms with Crippen LogP contribution in [-0.2, 0) is 4.74 Å². The molecule has 0 N–H and O–H groups in total. The summed E-state index contributed by atoms with van der Waals surface area (Å²) >= 11 is 0. The van der Waals surface area contributed by atoms with Gasteiger partial charge in [0.05, 0.1) is 12.2 Å². The number of hydrogen-bond acceptors (Lipinski definition) is 1. The molecule has 10 heavy (non-hydrogen) atoms. The highest BCUT2D eigenvalue weighted by atomic mass is 16.5. The molecule has 0 aromatic carbocycles. The Balaban J connectivity index is 0. The van der Waals surface area contributed by atoms with E-state index in [1.165, 1.54) is 0 Å². The Bertz CT molecular complexity index is 42.7. The Labute approximate surface area is 65.8 Å². The Hall–Kier alpha value is -0.0400. The molecule has 0 aromatic rings. The summed E-state index contributed by atoms with van der Waals surface area (Å²) in [6.07, 6.45) is 1.75.